The summed E-state index contributed by atoms with van der Waals surface area (Å²) in [5.41, 5.74) is -0.489. The van der Waals surface area contributed by atoms with E-state index in [9.17, 15) is 9.59 Å². The Kier molecular flexibility index (Phi) is 10.4. The molecule has 0 amide bonds. The molecule has 0 fully saturated rings. The van der Waals surface area contributed by atoms with Gasteiger partial charge in [-0.1, -0.05) is 13.5 Å². The van der Waals surface area contributed by atoms with E-state index in [-0.39, 0.29) is 25.2 Å². The zero-order valence-corrected chi connectivity index (χ0v) is 13.5. The monoisotopic (exact) mass is 300 g/mol. The number of hydrogen-bond acceptors (Lipinski definition) is 5. The largest absolute Gasteiger partial charge is 0.502 e. The molecule has 21 heavy (non-hydrogen) atoms. The Labute approximate surface area is 127 Å². The molecule has 0 rings (SSSR count). The molecule has 0 aromatic rings. The van der Waals surface area contributed by atoms with Crippen LogP contribution in [0.2, 0.25) is 0 Å². The lowest BCUT2D eigenvalue weighted by molar-refractivity contribution is -0.159. The van der Waals surface area contributed by atoms with Crippen molar-refractivity contribution in [1.82, 2.24) is 0 Å². The quantitative estimate of drug-likeness (QED) is 0.314. The first kappa shape index (κ1) is 19.5. The van der Waals surface area contributed by atoms with E-state index in [0.29, 0.717) is 19.4 Å². The standard InChI is InChI=1S/C16H28O5/c1-5-16(3,4)15(18)21-13-12-20-14(17)10-8-7-9-11-19-6-2/h6H,2,5,7-13H2,1,3-4H3. The summed E-state index contributed by atoms with van der Waals surface area (Å²) in [6, 6.07) is 0. The van der Waals surface area contributed by atoms with Gasteiger partial charge in [-0.25, -0.2) is 0 Å². The second kappa shape index (κ2) is 11.2. The van der Waals surface area contributed by atoms with Crippen molar-refractivity contribution in [1.29, 1.82) is 0 Å². The van der Waals surface area contributed by atoms with Gasteiger partial charge in [-0.15, -0.1) is 0 Å². The molecule has 0 heterocycles. The zero-order chi connectivity index (χ0) is 16.1. The van der Waals surface area contributed by atoms with Crippen LogP contribution in [0.5, 0.6) is 0 Å². The van der Waals surface area contributed by atoms with E-state index in [0.717, 1.165) is 19.3 Å². The van der Waals surface area contributed by atoms with Crippen LogP contribution in [0.4, 0.5) is 0 Å². The number of unbranched alkanes of at least 4 members (excludes halogenated alkanes) is 2. The maximum atomic E-state index is 11.7. The summed E-state index contributed by atoms with van der Waals surface area (Å²) in [4.78, 5) is 23.1. The summed E-state index contributed by atoms with van der Waals surface area (Å²) in [5.74, 6) is -0.520. The summed E-state index contributed by atoms with van der Waals surface area (Å²) in [6.45, 7) is 9.90. The number of carbonyl (C=O) groups is 2. The zero-order valence-electron chi connectivity index (χ0n) is 13.5. The predicted molar refractivity (Wildman–Crippen MR) is 80.6 cm³/mol. The van der Waals surface area contributed by atoms with Gasteiger partial charge in [0, 0.05) is 6.42 Å². The van der Waals surface area contributed by atoms with Crippen LogP contribution in [0.1, 0.15) is 52.9 Å². The van der Waals surface area contributed by atoms with Crippen LogP contribution in [0.3, 0.4) is 0 Å². The molecule has 0 radical (unpaired) electrons. The lowest BCUT2D eigenvalue weighted by Crippen LogP contribution is -2.27. The van der Waals surface area contributed by atoms with Gasteiger partial charge < -0.3 is 14.2 Å². The van der Waals surface area contributed by atoms with Gasteiger partial charge in [0.1, 0.15) is 13.2 Å². The van der Waals surface area contributed by atoms with Crippen LogP contribution in [-0.4, -0.2) is 31.8 Å². The first-order valence-corrected chi connectivity index (χ1v) is 7.49. The lowest BCUT2D eigenvalue weighted by atomic mass is 9.91. The van der Waals surface area contributed by atoms with E-state index in [2.05, 4.69) is 6.58 Å². The normalized spacial score (nSPS) is 10.8. The van der Waals surface area contributed by atoms with E-state index in [1.807, 2.05) is 20.8 Å². The Morgan fingerprint density at radius 1 is 1.05 bits per heavy atom. The molecule has 0 atom stereocenters. The summed E-state index contributed by atoms with van der Waals surface area (Å²) < 4.78 is 15.1. The average Bonchev–Trinajstić information content (AvgIpc) is 2.46. The van der Waals surface area contributed by atoms with Crippen molar-refractivity contribution in [2.24, 2.45) is 5.41 Å². The molecule has 0 saturated carbocycles. The Bertz CT molecular complexity index is 323. The average molecular weight is 300 g/mol. The minimum atomic E-state index is -0.489. The molecule has 5 heteroatoms. The molecule has 0 aliphatic rings. The molecule has 0 aliphatic heterocycles. The first-order chi connectivity index (χ1) is 9.94. The Balaban J connectivity index is 3.54. The summed E-state index contributed by atoms with van der Waals surface area (Å²) in [7, 11) is 0. The molecule has 0 aromatic carbocycles. The maximum absolute atomic E-state index is 11.7. The highest BCUT2D eigenvalue weighted by Crippen LogP contribution is 2.21. The molecule has 0 spiro atoms. The number of rotatable bonds is 12. The molecule has 122 valence electrons. The van der Waals surface area contributed by atoms with E-state index < -0.39 is 5.41 Å². The van der Waals surface area contributed by atoms with Gasteiger partial charge >= 0.3 is 11.9 Å². The fourth-order valence-corrected chi connectivity index (χ4v) is 1.42. The molecule has 0 N–H and O–H groups in total. The highest BCUT2D eigenvalue weighted by atomic mass is 16.6. The fraction of sp³-hybridized carbons (Fsp3) is 0.750. The van der Waals surface area contributed by atoms with Crippen molar-refractivity contribution in [3.8, 4) is 0 Å². The first-order valence-electron chi connectivity index (χ1n) is 7.49. The van der Waals surface area contributed by atoms with Gasteiger partial charge in [0.15, 0.2) is 0 Å². The minimum Gasteiger partial charge on any atom is -0.502 e. The Morgan fingerprint density at radius 2 is 1.71 bits per heavy atom. The fourth-order valence-electron chi connectivity index (χ4n) is 1.42. The molecule has 0 unspecified atom stereocenters. The van der Waals surface area contributed by atoms with Crippen molar-refractivity contribution in [3.63, 3.8) is 0 Å². The van der Waals surface area contributed by atoms with Gasteiger partial charge in [-0.2, -0.15) is 0 Å². The van der Waals surface area contributed by atoms with Crippen molar-refractivity contribution < 1.29 is 23.8 Å². The lowest BCUT2D eigenvalue weighted by Gasteiger charge is -2.20. The Morgan fingerprint density at radius 3 is 2.33 bits per heavy atom. The molecular weight excluding hydrogens is 272 g/mol. The predicted octanol–water partition coefficient (Wildman–Crippen LogP) is 3.23. The van der Waals surface area contributed by atoms with Gasteiger partial charge in [0.05, 0.1) is 18.3 Å². The molecule has 0 saturated heterocycles. The highest BCUT2D eigenvalue weighted by molar-refractivity contribution is 5.75. The number of esters is 2. The molecule has 0 aromatic heterocycles. The van der Waals surface area contributed by atoms with Crippen LogP contribution >= 0.6 is 0 Å². The smallest absolute Gasteiger partial charge is 0.311 e. The van der Waals surface area contributed by atoms with Gasteiger partial charge in [-0.05, 0) is 39.5 Å². The van der Waals surface area contributed by atoms with Crippen molar-refractivity contribution >= 4 is 11.9 Å². The van der Waals surface area contributed by atoms with Crippen LogP contribution < -0.4 is 0 Å². The summed E-state index contributed by atoms with van der Waals surface area (Å²) in [5, 5.41) is 0. The van der Waals surface area contributed by atoms with Crippen molar-refractivity contribution in [2.75, 3.05) is 19.8 Å². The van der Waals surface area contributed by atoms with E-state index in [4.69, 9.17) is 14.2 Å². The van der Waals surface area contributed by atoms with Crippen LogP contribution in [0.15, 0.2) is 12.8 Å². The second-order valence-corrected chi connectivity index (χ2v) is 5.44. The van der Waals surface area contributed by atoms with E-state index in [1.54, 1.807) is 0 Å². The Hall–Kier alpha value is -1.52. The van der Waals surface area contributed by atoms with E-state index in [1.165, 1.54) is 6.26 Å². The maximum Gasteiger partial charge on any atom is 0.311 e. The molecule has 0 bridgehead atoms. The third kappa shape index (κ3) is 9.93. The van der Waals surface area contributed by atoms with Crippen LogP contribution in [0.25, 0.3) is 0 Å². The van der Waals surface area contributed by atoms with Gasteiger partial charge in [-0.3, -0.25) is 9.59 Å². The van der Waals surface area contributed by atoms with Crippen molar-refractivity contribution in [3.05, 3.63) is 12.8 Å². The second-order valence-electron chi connectivity index (χ2n) is 5.44. The molecular formula is C16H28O5. The minimum absolute atomic E-state index is 0.112. The van der Waals surface area contributed by atoms with E-state index >= 15 is 0 Å². The SMILES string of the molecule is C=COCCCCCC(=O)OCCOC(=O)C(C)(C)CC. The van der Waals surface area contributed by atoms with Crippen LogP contribution in [0, 0.1) is 5.41 Å². The molecule has 5 nitrogen and oxygen atoms in total. The topological polar surface area (TPSA) is 61.8 Å². The molecule has 0 aliphatic carbocycles. The summed E-state index contributed by atoms with van der Waals surface area (Å²) in [6.07, 6.45) is 5.06. The van der Waals surface area contributed by atoms with Crippen molar-refractivity contribution in [2.45, 2.75) is 52.9 Å². The highest BCUT2D eigenvalue weighted by Gasteiger charge is 2.26. The van der Waals surface area contributed by atoms with Crippen LogP contribution in [-0.2, 0) is 23.8 Å². The summed E-state index contributed by atoms with van der Waals surface area (Å²) >= 11 is 0. The van der Waals surface area contributed by atoms with Gasteiger partial charge in [0.2, 0.25) is 0 Å². The van der Waals surface area contributed by atoms with Gasteiger partial charge in [0.25, 0.3) is 0 Å². The third-order valence-electron chi connectivity index (χ3n) is 3.28. The number of hydrogen-bond donors (Lipinski definition) is 0. The number of ether oxygens (including phenoxy) is 3. The third-order valence-corrected chi connectivity index (χ3v) is 3.28. The number of carbonyl (C=O) groups excluding carboxylic acids is 2.